The molecule has 1 aromatic carbocycles. The maximum Gasteiger partial charge on any atom is 0.252 e. The van der Waals surface area contributed by atoms with Gasteiger partial charge in [0.2, 0.25) is 10.0 Å². The van der Waals surface area contributed by atoms with E-state index in [4.69, 9.17) is 23.2 Å². The fourth-order valence-electron chi connectivity index (χ4n) is 1.94. The van der Waals surface area contributed by atoms with Crippen molar-refractivity contribution in [1.29, 1.82) is 0 Å². The van der Waals surface area contributed by atoms with Crippen molar-refractivity contribution in [2.24, 2.45) is 5.92 Å². The molecule has 136 valence electrons. The molecule has 0 bridgehead atoms. The third kappa shape index (κ3) is 6.24. The molecule has 0 unspecified atom stereocenters. The van der Waals surface area contributed by atoms with Gasteiger partial charge in [0, 0.05) is 13.1 Å². The number of carbonyl (C=O) groups excluding carboxylic acids is 1. The van der Waals surface area contributed by atoms with Crippen LogP contribution in [0.5, 0.6) is 0 Å². The molecule has 0 saturated heterocycles. The van der Waals surface area contributed by atoms with Crippen LogP contribution in [0, 0.1) is 5.92 Å². The quantitative estimate of drug-likeness (QED) is 0.624. The Labute approximate surface area is 154 Å². The van der Waals surface area contributed by atoms with E-state index in [1.807, 2.05) is 13.8 Å². The molecule has 8 heteroatoms. The third-order valence-corrected chi connectivity index (χ3v) is 5.50. The molecule has 0 aliphatic rings. The zero-order chi connectivity index (χ0) is 18.3. The molecule has 24 heavy (non-hydrogen) atoms. The molecule has 0 atom stereocenters. The summed E-state index contributed by atoms with van der Waals surface area (Å²) >= 11 is 12.1. The monoisotopic (exact) mass is 394 g/mol. The van der Waals surface area contributed by atoms with Crippen LogP contribution in [-0.4, -0.2) is 27.4 Å². The predicted octanol–water partition coefficient (Wildman–Crippen LogP) is 3.85. The number of halogens is 2. The maximum absolute atomic E-state index is 12.4. The Morgan fingerprint density at radius 3 is 2.42 bits per heavy atom. The molecule has 0 heterocycles. The van der Waals surface area contributed by atoms with Gasteiger partial charge in [-0.2, -0.15) is 0 Å². The van der Waals surface area contributed by atoms with E-state index in [0.29, 0.717) is 6.54 Å². The van der Waals surface area contributed by atoms with Crippen molar-refractivity contribution < 1.29 is 13.2 Å². The van der Waals surface area contributed by atoms with E-state index in [1.54, 1.807) is 0 Å². The number of rotatable bonds is 9. The summed E-state index contributed by atoms with van der Waals surface area (Å²) in [6.45, 7) is 6.64. The van der Waals surface area contributed by atoms with Gasteiger partial charge in [-0.15, -0.1) is 0 Å². The summed E-state index contributed by atoms with van der Waals surface area (Å²) in [4.78, 5) is 12.1. The first-order valence-corrected chi connectivity index (χ1v) is 10.2. The van der Waals surface area contributed by atoms with E-state index in [0.717, 1.165) is 19.3 Å². The lowest BCUT2D eigenvalue weighted by Gasteiger charge is -2.13. The average molecular weight is 395 g/mol. The fourth-order valence-corrected chi connectivity index (χ4v) is 4.01. The summed E-state index contributed by atoms with van der Waals surface area (Å²) in [5.74, 6) is -0.264. The number of hydrogen-bond donors (Lipinski definition) is 2. The van der Waals surface area contributed by atoms with E-state index in [-0.39, 0.29) is 33.0 Å². The molecule has 5 nitrogen and oxygen atoms in total. The number of carbonyl (C=O) groups is 1. The molecular formula is C16H24Cl2N2O3S. The van der Waals surface area contributed by atoms with Crippen LogP contribution in [0.3, 0.4) is 0 Å². The zero-order valence-corrected chi connectivity index (χ0v) is 16.5. The lowest BCUT2D eigenvalue weighted by atomic mass is 10.2. The molecule has 0 radical (unpaired) electrons. The molecule has 0 aliphatic carbocycles. The molecule has 2 N–H and O–H groups in total. The van der Waals surface area contributed by atoms with E-state index in [1.165, 1.54) is 12.1 Å². The number of sulfonamides is 1. The van der Waals surface area contributed by atoms with Gasteiger partial charge in [0.05, 0.1) is 15.6 Å². The van der Waals surface area contributed by atoms with Crippen molar-refractivity contribution >= 4 is 39.1 Å². The SMILES string of the molecule is CCCCCNC(=O)c1cc(S(=O)(=O)NCC(C)C)c(Cl)cc1Cl. The smallest absolute Gasteiger partial charge is 0.252 e. The van der Waals surface area contributed by atoms with Crippen LogP contribution in [0.1, 0.15) is 50.4 Å². The topological polar surface area (TPSA) is 75.3 Å². The minimum atomic E-state index is -3.81. The summed E-state index contributed by atoms with van der Waals surface area (Å²) in [7, 11) is -3.81. The second kappa shape index (κ2) is 9.61. The number of hydrogen-bond acceptors (Lipinski definition) is 3. The van der Waals surface area contributed by atoms with Gasteiger partial charge < -0.3 is 5.32 Å². The highest BCUT2D eigenvalue weighted by molar-refractivity contribution is 7.89. The first-order valence-electron chi connectivity index (χ1n) is 7.96. The minimum absolute atomic E-state index is 0.0150. The van der Waals surface area contributed by atoms with Gasteiger partial charge in [0.25, 0.3) is 5.91 Å². The zero-order valence-electron chi connectivity index (χ0n) is 14.2. The largest absolute Gasteiger partial charge is 0.352 e. The van der Waals surface area contributed by atoms with Crippen LogP contribution >= 0.6 is 23.2 Å². The highest BCUT2D eigenvalue weighted by Crippen LogP contribution is 2.28. The maximum atomic E-state index is 12.4. The lowest BCUT2D eigenvalue weighted by Crippen LogP contribution is -2.29. The Morgan fingerprint density at radius 2 is 1.83 bits per heavy atom. The van der Waals surface area contributed by atoms with E-state index < -0.39 is 15.9 Å². The first kappa shape index (κ1) is 21.2. The van der Waals surface area contributed by atoms with E-state index in [2.05, 4.69) is 17.0 Å². The van der Waals surface area contributed by atoms with Gasteiger partial charge in [-0.05, 0) is 24.5 Å². The number of benzene rings is 1. The highest BCUT2D eigenvalue weighted by atomic mass is 35.5. The van der Waals surface area contributed by atoms with Crippen LogP contribution in [0.4, 0.5) is 0 Å². The molecule has 0 spiro atoms. The van der Waals surface area contributed by atoms with E-state index >= 15 is 0 Å². The Morgan fingerprint density at radius 1 is 1.17 bits per heavy atom. The molecule has 0 saturated carbocycles. The molecule has 1 rings (SSSR count). The Kier molecular flexibility index (Phi) is 8.50. The number of nitrogens with one attached hydrogen (secondary N) is 2. The molecular weight excluding hydrogens is 371 g/mol. The predicted molar refractivity (Wildman–Crippen MR) is 98.3 cm³/mol. The highest BCUT2D eigenvalue weighted by Gasteiger charge is 2.22. The summed E-state index contributed by atoms with van der Waals surface area (Å²) in [6.07, 6.45) is 2.91. The van der Waals surface area contributed by atoms with Crippen molar-refractivity contribution in [3.05, 3.63) is 27.7 Å². The molecule has 1 amide bonds. The molecule has 0 fully saturated rings. The molecule has 0 aliphatic heterocycles. The van der Waals surface area contributed by atoms with Gasteiger partial charge in [0.1, 0.15) is 4.90 Å². The van der Waals surface area contributed by atoms with Gasteiger partial charge >= 0.3 is 0 Å². The van der Waals surface area contributed by atoms with Gasteiger partial charge in [0.15, 0.2) is 0 Å². The van der Waals surface area contributed by atoms with Crippen molar-refractivity contribution in [2.75, 3.05) is 13.1 Å². The third-order valence-electron chi connectivity index (χ3n) is 3.30. The van der Waals surface area contributed by atoms with Crippen molar-refractivity contribution in [1.82, 2.24) is 10.0 Å². The van der Waals surface area contributed by atoms with Gasteiger partial charge in [-0.25, -0.2) is 13.1 Å². The Bertz CT molecular complexity index is 676. The molecule has 0 aromatic heterocycles. The van der Waals surface area contributed by atoms with Crippen molar-refractivity contribution in [3.8, 4) is 0 Å². The van der Waals surface area contributed by atoms with Crippen molar-refractivity contribution in [2.45, 2.75) is 44.9 Å². The van der Waals surface area contributed by atoms with E-state index in [9.17, 15) is 13.2 Å². The normalized spacial score (nSPS) is 11.8. The lowest BCUT2D eigenvalue weighted by molar-refractivity contribution is 0.0953. The first-order chi connectivity index (χ1) is 11.2. The number of unbranched alkanes of at least 4 members (excludes halogenated alkanes) is 2. The summed E-state index contributed by atoms with van der Waals surface area (Å²) in [6, 6.07) is 2.51. The molecule has 1 aromatic rings. The second-order valence-electron chi connectivity index (χ2n) is 5.97. The van der Waals surface area contributed by atoms with Crippen LogP contribution in [0.15, 0.2) is 17.0 Å². The fraction of sp³-hybridized carbons (Fsp3) is 0.562. The van der Waals surface area contributed by atoms with Crippen LogP contribution in [-0.2, 0) is 10.0 Å². The average Bonchev–Trinajstić information content (AvgIpc) is 2.49. The Balaban J connectivity index is 3.02. The minimum Gasteiger partial charge on any atom is -0.352 e. The summed E-state index contributed by atoms with van der Waals surface area (Å²) < 4.78 is 27.2. The van der Waals surface area contributed by atoms with Crippen molar-refractivity contribution in [3.63, 3.8) is 0 Å². The van der Waals surface area contributed by atoms with Gasteiger partial charge in [-0.1, -0.05) is 56.8 Å². The van der Waals surface area contributed by atoms with Crippen LogP contribution < -0.4 is 10.0 Å². The Hall–Kier alpha value is -0.820. The summed E-state index contributed by atoms with van der Waals surface area (Å²) in [5.41, 5.74) is 0.0995. The number of amides is 1. The standard InChI is InChI=1S/C16H24Cl2N2O3S/c1-4-5-6-7-19-16(21)12-8-15(14(18)9-13(12)17)24(22,23)20-10-11(2)3/h8-9,11,20H,4-7,10H2,1-3H3,(H,19,21). The summed E-state index contributed by atoms with van der Waals surface area (Å²) in [5, 5.41) is 2.85. The van der Waals surface area contributed by atoms with Gasteiger partial charge in [-0.3, -0.25) is 4.79 Å². The van der Waals surface area contributed by atoms with Crippen LogP contribution in [0.2, 0.25) is 10.0 Å². The second-order valence-corrected chi connectivity index (χ2v) is 8.52. The van der Waals surface area contributed by atoms with Crippen LogP contribution in [0.25, 0.3) is 0 Å².